The standard InChI is InChI=1S/C15H18FNO2/c1-9(2)5-4-6-17-13-11(14(18)15(17)19)7-10(3)8-12(13)16/h7-9H,4-6H2,1-3H3. The van der Waals surface area contributed by atoms with E-state index in [4.69, 9.17) is 0 Å². The third-order valence-electron chi connectivity index (χ3n) is 3.32. The van der Waals surface area contributed by atoms with Gasteiger partial charge in [0.25, 0.3) is 11.7 Å². The van der Waals surface area contributed by atoms with Crippen molar-refractivity contribution < 1.29 is 14.0 Å². The SMILES string of the molecule is Cc1cc(F)c2c(c1)C(=O)C(=O)N2CCCC(C)C. The Kier molecular flexibility index (Phi) is 3.69. The van der Waals surface area contributed by atoms with Crippen molar-refractivity contribution in [2.24, 2.45) is 5.92 Å². The van der Waals surface area contributed by atoms with Gasteiger partial charge in [-0.2, -0.15) is 0 Å². The molecule has 2 rings (SSSR count). The van der Waals surface area contributed by atoms with Crippen molar-refractivity contribution in [3.63, 3.8) is 0 Å². The van der Waals surface area contributed by atoms with Crippen LogP contribution in [0.25, 0.3) is 0 Å². The van der Waals surface area contributed by atoms with Crippen molar-refractivity contribution in [1.29, 1.82) is 0 Å². The lowest BCUT2D eigenvalue weighted by molar-refractivity contribution is -0.114. The van der Waals surface area contributed by atoms with Gasteiger partial charge in [-0.25, -0.2) is 4.39 Å². The molecule has 3 nitrogen and oxygen atoms in total. The molecule has 1 aromatic rings. The highest BCUT2D eigenvalue weighted by Gasteiger charge is 2.37. The molecule has 0 unspecified atom stereocenters. The number of carbonyl (C=O) groups excluding carboxylic acids is 2. The summed E-state index contributed by atoms with van der Waals surface area (Å²) in [6, 6.07) is 2.95. The van der Waals surface area contributed by atoms with Crippen molar-refractivity contribution in [3.8, 4) is 0 Å². The van der Waals surface area contributed by atoms with Crippen molar-refractivity contribution in [2.45, 2.75) is 33.6 Å². The number of nitrogens with zero attached hydrogens (tertiary/aromatic N) is 1. The largest absolute Gasteiger partial charge is 0.302 e. The van der Waals surface area contributed by atoms with Crippen LogP contribution < -0.4 is 4.90 Å². The molecule has 0 aromatic heterocycles. The normalized spacial score (nSPS) is 14.5. The summed E-state index contributed by atoms with van der Waals surface area (Å²) in [7, 11) is 0. The number of halogens is 1. The molecule has 1 aliphatic rings. The summed E-state index contributed by atoms with van der Waals surface area (Å²) in [4.78, 5) is 25.0. The van der Waals surface area contributed by atoms with Crippen LogP contribution in [-0.4, -0.2) is 18.2 Å². The number of ketones is 1. The molecule has 1 aromatic carbocycles. The fourth-order valence-electron chi connectivity index (χ4n) is 2.39. The van der Waals surface area contributed by atoms with Gasteiger partial charge in [0.1, 0.15) is 5.82 Å². The molecule has 0 N–H and O–H groups in total. The Balaban J connectivity index is 2.28. The van der Waals surface area contributed by atoms with Crippen molar-refractivity contribution in [2.75, 3.05) is 11.4 Å². The smallest absolute Gasteiger partial charge is 0.299 e. The van der Waals surface area contributed by atoms with Crippen LogP contribution in [0.5, 0.6) is 0 Å². The van der Waals surface area contributed by atoms with Gasteiger partial charge in [0.15, 0.2) is 0 Å². The van der Waals surface area contributed by atoms with E-state index < -0.39 is 17.5 Å². The van der Waals surface area contributed by atoms with Gasteiger partial charge in [-0.05, 0) is 43.4 Å². The summed E-state index contributed by atoms with van der Waals surface area (Å²) in [5.74, 6) is -1.17. The maximum atomic E-state index is 14.0. The van der Waals surface area contributed by atoms with Gasteiger partial charge in [-0.1, -0.05) is 13.8 Å². The lowest BCUT2D eigenvalue weighted by Crippen LogP contribution is -2.31. The van der Waals surface area contributed by atoms with E-state index in [0.717, 1.165) is 12.8 Å². The molecule has 0 bridgehead atoms. The first-order valence-electron chi connectivity index (χ1n) is 6.58. The number of benzene rings is 1. The number of aryl methyl sites for hydroxylation is 1. The predicted molar refractivity (Wildman–Crippen MR) is 71.9 cm³/mol. The monoisotopic (exact) mass is 263 g/mol. The number of hydrogen-bond acceptors (Lipinski definition) is 2. The highest BCUT2D eigenvalue weighted by atomic mass is 19.1. The predicted octanol–water partition coefficient (Wildman–Crippen LogP) is 3.10. The summed E-state index contributed by atoms with van der Waals surface area (Å²) >= 11 is 0. The van der Waals surface area contributed by atoms with Gasteiger partial charge in [0.2, 0.25) is 0 Å². The number of rotatable bonds is 4. The number of carbonyl (C=O) groups is 2. The topological polar surface area (TPSA) is 37.4 Å². The number of amides is 1. The minimum Gasteiger partial charge on any atom is -0.302 e. The Morgan fingerprint density at radius 3 is 2.58 bits per heavy atom. The van der Waals surface area contributed by atoms with Gasteiger partial charge < -0.3 is 4.90 Å². The first kappa shape index (κ1) is 13.7. The van der Waals surface area contributed by atoms with Crippen LogP contribution >= 0.6 is 0 Å². The molecule has 0 radical (unpaired) electrons. The van der Waals surface area contributed by atoms with Crippen LogP contribution in [0.3, 0.4) is 0 Å². The molecule has 1 amide bonds. The lowest BCUT2D eigenvalue weighted by Gasteiger charge is -2.17. The van der Waals surface area contributed by atoms with Gasteiger partial charge in [-0.3, -0.25) is 9.59 Å². The Labute approximate surface area is 112 Å². The molecule has 0 saturated heterocycles. The zero-order valence-electron chi connectivity index (χ0n) is 11.5. The van der Waals surface area contributed by atoms with Crippen LogP contribution in [0.4, 0.5) is 10.1 Å². The minimum atomic E-state index is -0.608. The van der Waals surface area contributed by atoms with Gasteiger partial charge in [0, 0.05) is 6.54 Å². The van der Waals surface area contributed by atoms with E-state index in [-0.39, 0.29) is 11.3 Å². The lowest BCUT2D eigenvalue weighted by atomic mass is 10.1. The molecule has 0 fully saturated rings. The fourth-order valence-corrected chi connectivity index (χ4v) is 2.39. The summed E-state index contributed by atoms with van der Waals surface area (Å²) in [6.07, 6.45) is 1.71. The molecule has 4 heteroatoms. The highest BCUT2D eigenvalue weighted by Crippen LogP contribution is 2.33. The van der Waals surface area contributed by atoms with Crippen LogP contribution in [0.2, 0.25) is 0 Å². The summed E-state index contributed by atoms with van der Waals surface area (Å²) in [5, 5.41) is 0. The molecule has 0 spiro atoms. The third-order valence-corrected chi connectivity index (χ3v) is 3.32. The first-order chi connectivity index (χ1) is 8.91. The maximum absolute atomic E-state index is 14.0. The number of anilines is 1. The van der Waals surface area contributed by atoms with Crippen molar-refractivity contribution in [1.82, 2.24) is 0 Å². The molecule has 0 atom stereocenters. The molecule has 19 heavy (non-hydrogen) atoms. The van der Waals surface area contributed by atoms with Gasteiger partial charge >= 0.3 is 0 Å². The molecule has 102 valence electrons. The molecule has 1 aliphatic heterocycles. The minimum absolute atomic E-state index is 0.157. The van der Waals surface area contributed by atoms with E-state index in [2.05, 4.69) is 13.8 Å². The van der Waals surface area contributed by atoms with Crippen LogP contribution in [0.15, 0.2) is 12.1 Å². The fraction of sp³-hybridized carbons (Fsp3) is 0.467. The first-order valence-corrected chi connectivity index (χ1v) is 6.58. The van der Waals surface area contributed by atoms with E-state index in [0.29, 0.717) is 18.0 Å². The van der Waals surface area contributed by atoms with E-state index in [1.807, 2.05) is 0 Å². The number of Topliss-reactive ketones (excluding diaryl/α,β-unsaturated/α-hetero) is 1. The average molecular weight is 263 g/mol. The quantitative estimate of drug-likeness (QED) is 0.783. The Morgan fingerprint density at radius 1 is 1.26 bits per heavy atom. The average Bonchev–Trinajstić information content (AvgIpc) is 2.54. The molecule has 0 aliphatic carbocycles. The van der Waals surface area contributed by atoms with Crippen LogP contribution in [0, 0.1) is 18.7 Å². The summed E-state index contributed by atoms with van der Waals surface area (Å²) < 4.78 is 14.0. The van der Waals surface area contributed by atoms with E-state index >= 15 is 0 Å². The van der Waals surface area contributed by atoms with Crippen molar-refractivity contribution >= 4 is 17.4 Å². The van der Waals surface area contributed by atoms with E-state index in [9.17, 15) is 14.0 Å². The Bertz CT molecular complexity index is 537. The van der Waals surface area contributed by atoms with Gasteiger partial charge in [0.05, 0.1) is 11.3 Å². The van der Waals surface area contributed by atoms with Crippen LogP contribution in [0.1, 0.15) is 42.6 Å². The van der Waals surface area contributed by atoms with E-state index in [1.54, 1.807) is 13.0 Å². The highest BCUT2D eigenvalue weighted by molar-refractivity contribution is 6.52. The molecule has 0 saturated carbocycles. The number of fused-ring (bicyclic) bond motifs is 1. The Hall–Kier alpha value is -1.71. The van der Waals surface area contributed by atoms with E-state index in [1.165, 1.54) is 11.0 Å². The second-order valence-electron chi connectivity index (χ2n) is 5.46. The molecular formula is C15H18FNO2. The zero-order chi connectivity index (χ0) is 14.2. The summed E-state index contributed by atoms with van der Waals surface area (Å²) in [5.41, 5.74) is 1.01. The third kappa shape index (κ3) is 2.53. The molecule has 1 heterocycles. The second-order valence-corrected chi connectivity index (χ2v) is 5.46. The summed E-state index contributed by atoms with van der Waals surface area (Å²) in [6.45, 7) is 6.29. The molecular weight excluding hydrogens is 245 g/mol. The maximum Gasteiger partial charge on any atom is 0.299 e. The number of hydrogen-bond donors (Lipinski definition) is 0. The van der Waals surface area contributed by atoms with Crippen LogP contribution in [-0.2, 0) is 4.79 Å². The van der Waals surface area contributed by atoms with Gasteiger partial charge in [-0.15, -0.1) is 0 Å². The second kappa shape index (κ2) is 5.11. The Morgan fingerprint density at radius 2 is 1.95 bits per heavy atom. The van der Waals surface area contributed by atoms with Crippen molar-refractivity contribution in [3.05, 3.63) is 29.1 Å². The zero-order valence-corrected chi connectivity index (χ0v) is 11.5.